The highest BCUT2D eigenvalue weighted by molar-refractivity contribution is 5.71. The summed E-state index contributed by atoms with van der Waals surface area (Å²) >= 11 is 0. The Kier molecular flexibility index (Phi) is 66.1. The van der Waals surface area contributed by atoms with Crippen molar-refractivity contribution in [3.05, 3.63) is 36.5 Å². The molecular weight excluding hydrogens is 973 g/mol. The van der Waals surface area contributed by atoms with Gasteiger partial charge in [0.25, 0.3) is 0 Å². The first-order chi connectivity index (χ1) is 39.0. The van der Waals surface area contributed by atoms with Crippen LogP contribution < -0.4 is 0 Å². The molecule has 464 valence electrons. The van der Waals surface area contributed by atoms with E-state index in [0.29, 0.717) is 19.3 Å². The van der Waals surface area contributed by atoms with Gasteiger partial charge in [-0.15, -0.1) is 0 Å². The SMILES string of the molecule is CCCCCC/C=C\CCCCCCCC(=O)OCC(COC(=O)CCCCCCCCCCCCCCCCC/C=C\C/C=C\CCCCCCC)OC(=O)CCCCCCCCCCCCCCCCCCCCCCC. The van der Waals surface area contributed by atoms with Crippen LogP contribution in [-0.4, -0.2) is 37.2 Å². The van der Waals surface area contributed by atoms with Crippen molar-refractivity contribution in [2.45, 2.75) is 399 Å². The summed E-state index contributed by atoms with van der Waals surface area (Å²) in [6.45, 7) is 6.68. The van der Waals surface area contributed by atoms with Gasteiger partial charge in [-0.25, -0.2) is 0 Å². The van der Waals surface area contributed by atoms with Gasteiger partial charge in [0.15, 0.2) is 6.10 Å². The van der Waals surface area contributed by atoms with E-state index in [9.17, 15) is 14.4 Å². The molecule has 0 fully saturated rings. The summed E-state index contributed by atoms with van der Waals surface area (Å²) in [4.78, 5) is 38.4. The zero-order valence-corrected chi connectivity index (χ0v) is 53.4. The number of unbranched alkanes of at least 4 members (excludes halogenated alkanes) is 49. The van der Waals surface area contributed by atoms with Crippen LogP contribution in [0.3, 0.4) is 0 Å². The molecule has 1 unspecified atom stereocenters. The highest BCUT2D eigenvalue weighted by atomic mass is 16.6. The summed E-state index contributed by atoms with van der Waals surface area (Å²) < 4.78 is 17.0. The molecule has 0 saturated carbocycles. The minimum Gasteiger partial charge on any atom is -0.462 e. The molecule has 0 amide bonds. The molecule has 0 aromatic rings. The lowest BCUT2D eigenvalue weighted by Crippen LogP contribution is -2.30. The van der Waals surface area contributed by atoms with E-state index in [1.807, 2.05) is 0 Å². The second-order valence-corrected chi connectivity index (χ2v) is 24.1. The van der Waals surface area contributed by atoms with E-state index in [2.05, 4.69) is 57.2 Å². The van der Waals surface area contributed by atoms with Crippen molar-refractivity contribution in [3.63, 3.8) is 0 Å². The van der Waals surface area contributed by atoms with Gasteiger partial charge in [-0.1, -0.05) is 333 Å². The van der Waals surface area contributed by atoms with Crippen molar-refractivity contribution in [3.8, 4) is 0 Å². The number of esters is 3. The zero-order valence-electron chi connectivity index (χ0n) is 53.4. The van der Waals surface area contributed by atoms with Gasteiger partial charge < -0.3 is 14.2 Å². The maximum atomic E-state index is 12.9. The van der Waals surface area contributed by atoms with E-state index >= 15 is 0 Å². The van der Waals surface area contributed by atoms with Crippen LogP contribution in [-0.2, 0) is 28.6 Å². The first kappa shape index (κ1) is 76.6. The molecule has 0 spiro atoms. The van der Waals surface area contributed by atoms with Crippen molar-refractivity contribution in [1.29, 1.82) is 0 Å². The molecule has 0 N–H and O–H groups in total. The second-order valence-electron chi connectivity index (χ2n) is 24.1. The van der Waals surface area contributed by atoms with E-state index < -0.39 is 6.10 Å². The molecule has 0 aromatic heterocycles. The molecule has 0 radical (unpaired) electrons. The van der Waals surface area contributed by atoms with E-state index in [1.54, 1.807) is 0 Å². The predicted octanol–water partition coefficient (Wildman–Crippen LogP) is 24.3. The van der Waals surface area contributed by atoms with Crippen molar-refractivity contribution in [2.75, 3.05) is 13.2 Å². The first-order valence-corrected chi connectivity index (χ1v) is 35.5. The topological polar surface area (TPSA) is 78.9 Å². The number of hydrogen-bond acceptors (Lipinski definition) is 6. The quantitative estimate of drug-likeness (QED) is 0.0261. The Morgan fingerprint density at radius 1 is 0.253 bits per heavy atom. The summed E-state index contributed by atoms with van der Waals surface area (Å²) in [5.41, 5.74) is 0. The fraction of sp³-hybridized carbons (Fsp3) is 0.877. The average molecular weight is 1110 g/mol. The summed E-state index contributed by atoms with van der Waals surface area (Å²) in [5, 5.41) is 0. The molecule has 0 heterocycles. The molecule has 0 aliphatic rings. The van der Waals surface area contributed by atoms with Crippen LogP contribution in [0.2, 0.25) is 0 Å². The van der Waals surface area contributed by atoms with E-state index in [0.717, 1.165) is 70.6 Å². The largest absolute Gasteiger partial charge is 0.462 e. The lowest BCUT2D eigenvalue weighted by molar-refractivity contribution is -0.167. The van der Waals surface area contributed by atoms with Gasteiger partial charge >= 0.3 is 17.9 Å². The van der Waals surface area contributed by atoms with Crippen molar-refractivity contribution >= 4 is 17.9 Å². The van der Waals surface area contributed by atoms with Crippen LogP contribution in [0, 0.1) is 0 Å². The van der Waals surface area contributed by atoms with E-state index in [1.165, 1.54) is 283 Å². The van der Waals surface area contributed by atoms with Crippen molar-refractivity contribution in [1.82, 2.24) is 0 Å². The molecule has 1 atom stereocenters. The van der Waals surface area contributed by atoms with Gasteiger partial charge in [-0.3, -0.25) is 14.4 Å². The molecular formula is C73H136O6. The predicted molar refractivity (Wildman–Crippen MR) is 344 cm³/mol. The van der Waals surface area contributed by atoms with Crippen molar-refractivity contribution in [2.24, 2.45) is 0 Å². The minimum absolute atomic E-state index is 0.0695. The Morgan fingerprint density at radius 2 is 0.456 bits per heavy atom. The third-order valence-electron chi connectivity index (χ3n) is 16.1. The molecule has 0 bridgehead atoms. The van der Waals surface area contributed by atoms with E-state index in [4.69, 9.17) is 14.2 Å². The van der Waals surface area contributed by atoms with Crippen LogP contribution in [0.4, 0.5) is 0 Å². The number of hydrogen-bond donors (Lipinski definition) is 0. The van der Waals surface area contributed by atoms with Gasteiger partial charge in [0.1, 0.15) is 13.2 Å². The van der Waals surface area contributed by atoms with Crippen molar-refractivity contribution < 1.29 is 28.6 Å². The molecule has 0 aliphatic heterocycles. The lowest BCUT2D eigenvalue weighted by atomic mass is 10.0. The molecule has 0 saturated heterocycles. The highest BCUT2D eigenvalue weighted by Crippen LogP contribution is 2.18. The van der Waals surface area contributed by atoms with Gasteiger partial charge in [0, 0.05) is 19.3 Å². The van der Waals surface area contributed by atoms with Crippen LogP contribution in [0.1, 0.15) is 393 Å². The van der Waals surface area contributed by atoms with Gasteiger partial charge in [0.05, 0.1) is 0 Å². The number of carbonyl (C=O) groups excluding carboxylic acids is 3. The third kappa shape index (κ3) is 66.3. The lowest BCUT2D eigenvalue weighted by Gasteiger charge is -2.18. The maximum absolute atomic E-state index is 12.9. The first-order valence-electron chi connectivity index (χ1n) is 35.5. The maximum Gasteiger partial charge on any atom is 0.306 e. The van der Waals surface area contributed by atoms with Crippen LogP contribution >= 0.6 is 0 Å². The molecule has 6 nitrogen and oxygen atoms in total. The smallest absolute Gasteiger partial charge is 0.306 e. The number of carbonyl (C=O) groups is 3. The standard InChI is InChI=1S/C73H136O6/c1-4-7-10-13-16-19-22-25-27-29-31-33-34-35-36-37-38-40-41-43-45-48-51-54-57-60-63-66-72(75)78-69-70(68-77-71(74)65-62-59-56-53-50-47-24-21-18-15-12-9-6-3)79-73(76)67-64-61-58-55-52-49-46-44-42-39-32-30-28-26-23-20-17-14-11-8-5-2/h21-22,24-25,29,31,70H,4-20,23,26-28,30,32-69H2,1-3H3/b24-21-,25-22-,31-29-. The fourth-order valence-corrected chi connectivity index (χ4v) is 10.8. The summed E-state index contributed by atoms with van der Waals surface area (Å²) in [5.74, 6) is -0.849. The highest BCUT2D eigenvalue weighted by Gasteiger charge is 2.19. The summed E-state index contributed by atoms with van der Waals surface area (Å²) in [7, 11) is 0. The van der Waals surface area contributed by atoms with Crippen LogP contribution in [0.5, 0.6) is 0 Å². The molecule has 0 rings (SSSR count). The second kappa shape index (κ2) is 68.1. The number of allylic oxidation sites excluding steroid dienone is 6. The van der Waals surface area contributed by atoms with E-state index in [-0.39, 0.29) is 31.1 Å². The third-order valence-corrected chi connectivity index (χ3v) is 16.1. The average Bonchev–Trinajstić information content (AvgIpc) is 3.45. The number of ether oxygens (including phenoxy) is 3. The fourth-order valence-electron chi connectivity index (χ4n) is 10.8. The van der Waals surface area contributed by atoms with Gasteiger partial charge in [-0.05, 0) is 77.0 Å². The molecule has 0 aromatic carbocycles. The number of rotatable bonds is 66. The normalized spacial score (nSPS) is 12.2. The zero-order chi connectivity index (χ0) is 57.1. The Balaban J connectivity index is 4.21. The Labute approximate surface area is 493 Å². The monoisotopic (exact) mass is 1110 g/mol. The summed E-state index contributed by atoms with van der Waals surface area (Å²) in [6, 6.07) is 0. The Bertz CT molecular complexity index is 1320. The van der Waals surface area contributed by atoms with Crippen LogP contribution in [0.25, 0.3) is 0 Å². The minimum atomic E-state index is -0.773. The van der Waals surface area contributed by atoms with Crippen LogP contribution in [0.15, 0.2) is 36.5 Å². The Hall–Kier alpha value is -2.37. The Morgan fingerprint density at radius 3 is 0.722 bits per heavy atom. The summed E-state index contributed by atoms with van der Waals surface area (Å²) in [6.07, 6.45) is 84.6. The van der Waals surface area contributed by atoms with Gasteiger partial charge in [0.2, 0.25) is 0 Å². The molecule has 79 heavy (non-hydrogen) atoms. The van der Waals surface area contributed by atoms with Gasteiger partial charge in [-0.2, -0.15) is 0 Å². The molecule has 0 aliphatic carbocycles. The molecule has 6 heteroatoms.